The van der Waals surface area contributed by atoms with Crippen LogP contribution in [0.25, 0.3) is 11.1 Å². The van der Waals surface area contributed by atoms with E-state index >= 15 is 0 Å². The molecule has 170 valence electrons. The Bertz CT molecular complexity index is 1130. The number of rotatable bonds is 4. The molecular formula is C25H24F2N4O2. The molecule has 2 heterocycles. The molecule has 6 nitrogen and oxygen atoms in total. The minimum absolute atomic E-state index is 0.00334. The number of urea groups is 1. The lowest BCUT2D eigenvalue weighted by molar-refractivity contribution is 0.0671. The lowest BCUT2D eigenvalue weighted by Crippen LogP contribution is -2.48. The van der Waals surface area contributed by atoms with E-state index in [-0.39, 0.29) is 23.5 Å². The number of carbonyl (C=O) groups is 2. The molecule has 4 rings (SSSR count). The van der Waals surface area contributed by atoms with Crippen molar-refractivity contribution in [2.24, 2.45) is 0 Å². The van der Waals surface area contributed by atoms with Gasteiger partial charge < -0.3 is 15.1 Å². The quantitative estimate of drug-likeness (QED) is 0.621. The Hall–Kier alpha value is -3.81. The number of carbonyl (C=O) groups excluding carboxylic acids is 2. The standard InChI is InChI=1S/C25H24F2N4O2/c1-30(20-11-14-31(15-12-20)24(32)18-4-3-13-28-16-18)25(33)29-19-9-7-17(8-10-19)21-5-2-6-22(26)23(21)27/h2-10,13,16,20H,11-12,14-15H2,1H3,(H,29,33). The smallest absolute Gasteiger partial charge is 0.321 e. The second-order valence-corrected chi connectivity index (χ2v) is 7.98. The third kappa shape index (κ3) is 5.00. The maximum atomic E-state index is 14.0. The summed E-state index contributed by atoms with van der Waals surface area (Å²) in [5, 5.41) is 2.83. The largest absolute Gasteiger partial charge is 0.338 e. The van der Waals surface area contributed by atoms with Crippen molar-refractivity contribution in [2.75, 3.05) is 25.5 Å². The van der Waals surface area contributed by atoms with Crippen molar-refractivity contribution in [1.29, 1.82) is 0 Å². The molecule has 0 aliphatic carbocycles. The van der Waals surface area contributed by atoms with Crippen LogP contribution in [0.15, 0.2) is 67.0 Å². The van der Waals surface area contributed by atoms with E-state index in [4.69, 9.17) is 0 Å². The summed E-state index contributed by atoms with van der Waals surface area (Å²) in [4.78, 5) is 32.7. The van der Waals surface area contributed by atoms with E-state index in [1.807, 2.05) is 0 Å². The second-order valence-electron chi connectivity index (χ2n) is 7.98. The van der Waals surface area contributed by atoms with Crippen molar-refractivity contribution in [1.82, 2.24) is 14.8 Å². The van der Waals surface area contributed by atoms with Crippen LogP contribution in [0.1, 0.15) is 23.2 Å². The number of hydrogen-bond acceptors (Lipinski definition) is 3. The number of halogens is 2. The van der Waals surface area contributed by atoms with E-state index in [1.54, 1.807) is 65.6 Å². The fourth-order valence-electron chi connectivity index (χ4n) is 3.97. The van der Waals surface area contributed by atoms with Crippen LogP contribution in [0.2, 0.25) is 0 Å². The molecule has 1 fully saturated rings. The summed E-state index contributed by atoms with van der Waals surface area (Å²) in [5.74, 6) is -1.86. The van der Waals surface area contributed by atoms with Crippen LogP contribution in [0.3, 0.4) is 0 Å². The van der Waals surface area contributed by atoms with Crippen LogP contribution >= 0.6 is 0 Å². The molecule has 3 aromatic rings. The highest BCUT2D eigenvalue weighted by Gasteiger charge is 2.28. The molecule has 0 unspecified atom stereocenters. The molecule has 1 aromatic heterocycles. The Labute approximate surface area is 190 Å². The van der Waals surface area contributed by atoms with Crippen LogP contribution in [-0.4, -0.2) is 52.9 Å². The van der Waals surface area contributed by atoms with Gasteiger partial charge in [-0.25, -0.2) is 13.6 Å². The SMILES string of the molecule is CN(C(=O)Nc1ccc(-c2cccc(F)c2F)cc1)C1CCN(C(=O)c2cccnc2)CC1. The minimum Gasteiger partial charge on any atom is -0.338 e. The van der Waals surface area contributed by atoms with Gasteiger partial charge in [-0.05, 0) is 48.7 Å². The molecule has 0 bridgehead atoms. The van der Waals surface area contributed by atoms with E-state index in [9.17, 15) is 18.4 Å². The lowest BCUT2D eigenvalue weighted by Gasteiger charge is -2.36. The highest BCUT2D eigenvalue weighted by Crippen LogP contribution is 2.26. The monoisotopic (exact) mass is 450 g/mol. The van der Waals surface area contributed by atoms with Gasteiger partial charge in [-0.1, -0.05) is 24.3 Å². The van der Waals surface area contributed by atoms with Crippen LogP contribution in [-0.2, 0) is 0 Å². The summed E-state index contributed by atoms with van der Waals surface area (Å²) >= 11 is 0. The van der Waals surface area contributed by atoms with E-state index < -0.39 is 11.6 Å². The number of amides is 3. The van der Waals surface area contributed by atoms with E-state index in [0.717, 1.165) is 6.07 Å². The summed E-state index contributed by atoms with van der Waals surface area (Å²) in [6, 6.07) is 13.8. The molecule has 3 amide bonds. The number of benzene rings is 2. The highest BCUT2D eigenvalue weighted by atomic mass is 19.2. The third-order valence-corrected chi connectivity index (χ3v) is 5.93. The Balaban J connectivity index is 1.33. The molecule has 1 aliphatic rings. The molecule has 1 N–H and O–H groups in total. The summed E-state index contributed by atoms with van der Waals surface area (Å²) in [7, 11) is 1.73. The van der Waals surface area contributed by atoms with Gasteiger partial charge in [0.25, 0.3) is 5.91 Å². The first-order valence-electron chi connectivity index (χ1n) is 10.7. The molecule has 0 atom stereocenters. The highest BCUT2D eigenvalue weighted by molar-refractivity contribution is 5.94. The van der Waals surface area contributed by atoms with Crippen LogP contribution in [0.5, 0.6) is 0 Å². The Morgan fingerprint density at radius 3 is 2.42 bits per heavy atom. The third-order valence-electron chi connectivity index (χ3n) is 5.93. The van der Waals surface area contributed by atoms with Crippen LogP contribution < -0.4 is 5.32 Å². The molecule has 33 heavy (non-hydrogen) atoms. The molecular weight excluding hydrogens is 426 g/mol. The predicted octanol–water partition coefficient (Wildman–Crippen LogP) is 4.80. The van der Waals surface area contributed by atoms with Gasteiger partial charge in [-0.2, -0.15) is 0 Å². The van der Waals surface area contributed by atoms with Gasteiger partial charge in [0.05, 0.1) is 5.56 Å². The first kappa shape index (κ1) is 22.4. The van der Waals surface area contributed by atoms with Gasteiger partial charge >= 0.3 is 6.03 Å². The predicted molar refractivity (Wildman–Crippen MR) is 122 cm³/mol. The van der Waals surface area contributed by atoms with Gasteiger partial charge in [-0.3, -0.25) is 9.78 Å². The number of piperidine rings is 1. The van der Waals surface area contributed by atoms with E-state index in [2.05, 4.69) is 10.3 Å². The second kappa shape index (κ2) is 9.77. The molecule has 1 saturated heterocycles. The Morgan fingerprint density at radius 1 is 1.03 bits per heavy atom. The van der Waals surface area contributed by atoms with Crippen molar-refractivity contribution >= 4 is 17.6 Å². The average Bonchev–Trinajstić information content (AvgIpc) is 2.86. The summed E-state index contributed by atoms with van der Waals surface area (Å²) < 4.78 is 27.5. The number of pyridine rings is 1. The van der Waals surface area contributed by atoms with Crippen molar-refractivity contribution < 1.29 is 18.4 Å². The zero-order valence-corrected chi connectivity index (χ0v) is 18.2. The topological polar surface area (TPSA) is 65.5 Å². The molecule has 8 heteroatoms. The first-order chi connectivity index (χ1) is 15.9. The molecule has 0 spiro atoms. The van der Waals surface area contributed by atoms with Gasteiger partial charge in [-0.15, -0.1) is 0 Å². The number of anilines is 1. The average molecular weight is 450 g/mol. The summed E-state index contributed by atoms with van der Waals surface area (Å²) in [6.45, 7) is 1.12. The minimum atomic E-state index is -0.903. The molecule has 2 aromatic carbocycles. The number of likely N-dealkylation sites (tertiary alicyclic amines) is 1. The first-order valence-corrected chi connectivity index (χ1v) is 10.7. The van der Waals surface area contributed by atoms with Crippen molar-refractivity contribution in [3.8, 4) is 11.1 Å². The van der Waals surface area contributed by atoms with Crippen molar-refractivity contribution in [2.45, 2.75) is 18.9 Å². The fraction of sp³-hybridized carbons (Fsp3) is 0.240. The maximum Gasteiger partial charge on any atom is 0.321 e. The van der Waals surface area contributed by atoms with Crippen molar-refractivity contribution in [3.05, 3.63) is 84.2 Å². The number of hydrogen-bond donors (Lipinski definition) is 1. The molecule has 0 saturated carbocycles. The molecule has 1 aliphatic heterocycles. The van der Waals surface area contributed by atoms with E-state index in [0.29, 0.717) is 42.7 Å². The van der Waals surface area contributed by atoms with Gasteiger partial charge in [0.15, 0.2) is 11.6 Å². The fourth-order valence-corrected chi connectivity index (χ4v) is 3.97. The Kier molecular flexibility index (Phi) is 6.63. The number of nitrogens with one attached hydrogen (secondary N) is 1. The van der Waals surface area contributed by atoms with E-state index in [1.165, 1.54) is 12.1 Å². The maximum absolute atomic E-state index is 14.0. The molecule has 0 radical (unpaired) electrons. The normalized spacial score (nSPS) is 14.1. The summed E-state index contributed by atoms with van der Waals surface area (Å²) in [5.41, 5.74) is 1.79. The van der Waals surface area contributed by atoms with Gasteiger partial charge in [0.2, 0.25) is 0 Å². The zero-order chi connectivity index (χ0) is 23.4. The van der Waals surface area contributed by atoms with Gasteiger partial charge in [0.1, 0.15) is 0 Å². The summed E-state index contributed by atoms with van der Waals surface area (Å²) in [6.07, 6.45) is 4.53. The van der Waals surface area contributed by atoms with Crippen LogP contribution in [0.4, 0.5) is 19.3 Å². The van der Waals surface area contributed by atoms with Crippen molar-refractivity contribution in [3.63, 3.8) is 0 Å². The lowest BCUT2D eigenvalue weighted by atomic mass is 10.0. The zero-order valence-electron chi connectivity index (χ0n) is 18.2. The number of aromatic nitrogens is 1. The number of nitrogens with zero attached hydrogens (tertiary/aromatic N) is 3. The van der Waals surface area contributed by atoms with Gasteiger partial charge in [0, 0.05) is 49.8 Å². The Morgan fingerprint density at radius 2 is 1.76 bits per heavy atom. The van der Waals surface area contributed by atoms with Crippen LogP contribution in [0, 0.1) is 11.6 Å².